The Balaban J connectivity index is 1.32. The highest BCUT2D eigenvalue weighted by Gasteiger charge is 2.50. The predicted octanol–water partition coefficient (Wildman–Crippen LogP) is 6.09. The zero-order valence-electron chi connectivity index (χ0n) is 23.7. The zero-order valence-corrected chi connectivity index (χ0v) is 23.7. The average molecular weight is 569 g/mol. The van der Waals surface area contributed by atoms with Gasteiger partial charge in [-0.2, -0.15) is 0 Å². The quantitative estimate of drug-likeness (QED) is 0.242. The van der Waals surface area contributed by atoms with Crippen molar-refractivity contribution in [2.45, 2.75) is 57.1 Å². The Bertz CT molecular complexity index is 1380. The van der Waals surface area contributed by atoms with E-state index in [9.17, 15) is 0 Å². The number of ether oxygens (including phenoxy) is 7. The van der Waals surface area contributed by atoms with Gasteiger partial charge >= 0.3 is 0 Å². The minimum atomic E-state index is -0.771. The summed E-state index contributed by atoms with van der Waals surface area (Å²) < 4.78 is 44.6. The van der Waals surface area contributed by atoms with Gasteiger partial charge in [0.2, 0.25) is 6.29 Å². The standard InChI is InChI=1S/C35H36O7/c1-36-29-16-18-30(19-17-29)41-35-34(39-21-26-12-6-3-7-13-26)33-32(38-20-25-10-4-2-5-11-25)31(42-35)24-37-22-27-14-8-9-15-28(27)23-40-33/h2-19,31-35H,20-24H2,1H3/t31-,32-,33+,34-,35-/m1/s1. The van der Waals surface area contributed by atoms with Gasteiger partial charge in [0.15, 0.2) is 0 Å². The van der Waals surface area contributed by atoms with Gasteiger partial charge in [-0.3, -0.25) is 0 Å². The van der Waals surface area contributed by atoms with E-state index in [1.165, 1.54) is 0 Å². The summed E-state index contributed by atoms with van der Waals surface area (Å²) in [5.41, 5.74) is 4.26. The third-order valence-corrected chi connectivity index (χ3v) is 7.56. The Hall–Kier alpha value is -3.72. The highest BCUT2D eigenvalue weighted by Crippen LogP contribution is 2.33. The van der Waals surface area contributed by atoms with E-state index in [4.69, 9.17) is 33.2 Å². The molecular weight excluding hydrogens is 532 g/mol. The molecule has 2 bridgehead atoms. The van der Waals surface area contributed by atoms with Crippen LogP contribution in [0.1, 0.15) is 22.3 Å². The van der Waals surface area contributed by atoms with Crippen LogP contribution in [0.25, 0.3) is 0 Å². The molecule has 218 valence electrons. The van der Waals surface area contributed by atoms with Crippen molar-refractivity contribution in [1.29, 1.82) is 0 Å². The number of hydrogen-bond donors (Lipinski definition) is 0. The summed E-state index contributed by atoms with van der Waals surface area (Å²) in [6, 6.07) is 35.7. The van der Waals surface area contributed by atoms with Gasteiger partial charge in [-0.15, -0.1) is 0 Å². The third kappa shape index (κ3) is 7.01. The van der Waals surface area contributed by atoms with Crippen molar-refractivity contribution in [2.75, 3.05) is 13.7 Å². The monoisotopic (exact) mass is 568 g/mol. The third-order valence-electron chi connectivity index (χ3n) is 7.56. The second-order valence-electron chi connectivity index (χ2n) is 10.4. The van der Waals surface area contributed by atoms with Crippen molar-refractivity contribution in [3.05, 3.63) is 131 Å². The fourth-order valence-corrected chi connectivity index (χ4v) is 5.31. The highest BCUT2D eigenvalue weighted by molar-refractivity contribution is 5.31. The zero-order chi connectivity index (χ0) is 28.6. The molecule has 0 spiro atoms. The molecule has 0 amide bonds. The Morgan fingerprint density at radius 3 is 1.86 bits per heavy atom. The summed E-state index contributed by atoms with van der Waals surface area (Å²) in [7, 11) is 1.64. The molecular formula is C35H36O7. The fraction of sp³-hybridized carbons (Fsp3) is 0.314. The average Bonchev–Trinajstić information content (AvgIpc) is 3.04. The van der Waals surface area contributed by atoms with Crippen LogP contribution >= 0.6 is 0 Å². The molecule has 0 aromatic heterocycles. The largest absolute Gasteiger partial charge is 0.497 e. The first kappa shape index (κ1) is 28.4. The molecule has 42 heavy (non-hydrogen) atoms. The number of methoxy groups -OCH3 is 1. The van der Waals surface area contributed by atoms with Gasteiger partial charge in [0.25, 0.3) is 0 Å². The Kier molecular flexibility index (Phi) is 9.44. The lowest BCUT2D eigenvalue weighted by Crippen LogP contribution is -2.62. The van der Waals surface area contributed by atoms with Gasteiger partial charge in [-0.25, -0.2) is 0 Å². The van der Waals surface area contributed by atoms with E-state index in [2.05, 4.69) is 12.1 Å². The van der Waals surface area contributed by atoms with Gasteiger partial charge in [0.05, 0.1) is 40.1 Å². The van der Waals surface area contributed by atoms with Crippen LogP contribution in [0.5, 0.6) is 11.5 Å². The molecule has 0 N–H and O–H groups in total. The van der Waals surface area contributed by atoms with E-state index >= 15 is 0 Å². The van der Waals surface area contributed by atoms with Gasteiger partial charge in [0.1, 0.15) is 35.9 Å². The molecule has 2 heterocycles. The topological polar surface area (TPSA) is 64.6 Å². The molecule has 7 heteroatoms. The van der Waals surface area contributed by atoms with Crippen molar-refractivity contribution in [2.24, 2.45) is 0 Å². The second-order valence-corrected chi connectivity index (χ2v) is 10.4. The van der Waals surface area contributed by atoms with Crippen LogP contribution in [0.15, 0.2) is 109 Å². The molecule has 0 unspecified atom stereocenters. The molecule has 4 aromatic carbocycles. The van der Waals surface area contributed by atoms with Gasteiger partial charge in [0, 0.05) is 0 Å². The lowest BCUT2D eigenvalue weighted by molar-refractivity contribution is -0.310. The van der Waals surface area contributed by atoms with Crippen molar-refractivity contribution < 1.29 is 33.2 Å². The molecule has 0 saturated carbocycles. The maximum atomic E-state index is 6.74. The Morgan fingerprint density at radius 1 is 0.643 bits per heavy atom. The van der Waals surface area contributed by atoms with Crippen molar-refractivity contribution >= 4 is 0 Å². The van der Waals surface area contributed by atoms with E-state index in [1.54, 1.807) is 7.11 Å². The molecule has 6 rings (SSSR count). The number of fused-ring (bicyclic) bond motifs is 3. The number of rotatable bonds is 9. The van der Waals surface area contributed by atoms with E-state index in [0.29, 0.717) is 38.8 Å². The molecule has 0 radical (unpaired) electrons. The lowest BCUT2D eigenvalue weighted by Gasteiger charge is -2.46. The normalized spacial score (nSPS) is 23.9. The fourth-order valence-electron chi connectivity index (χ4n) is 5.31. The first-order chi connectivity index (χ1) is 20.8. The SMILES string of the molecule is COc1ccc(O[C@@H]2O[C@@H]3COCc4ccccc4CO[C@H]([C@H]2OCc2ccccc2)[C@@H]3OCc2ccccc2)cc1. The van der Waals surface area contributed by atoms with Crippen molar-refractivity contribution in [3.8, 4) is 11.5 Å². The molecule has 1 fully saturated rings. The molecule has 1 saturated heterocycles. The summed E-state index contributed by atoms with van der Waals surface area (Å²) in [5.74, 6) is 1.38. The lowest BCUT2D eigenvalue weighted by atomic mass is 9.97. The van der Waals surface area contributed by atoms with Crippen LogP contribution in [0.4, 0.5) is 0 Å². The summed E-state index contributed by atoms with van der Waals surface area (Å²) in [4.78, 5) is 0. The van der Waals surface area contributed by atoms with Gasteiger partial charge < -0.3 is 33.2 Å². The second kappa shape index (κ2) is 14.0. The van der Waals surface area contributed by atoms with Gasteiger partial charge in [-0.05, 0) is 46.5 Å². The molecule has 4 aromatic rings. The summed E-state index contributed by atoms with van der Waals surface area (Å²) in [5, 5.41) is 0. The maximum absolute atomic E-state index is 6.74. The smallest absolute Gasteiger partial charge is 0.229 e. The first-order valence-corrected chi connectivity index (χ1v) is 14.3. The number of hydrogen-bond acceptors (Lipinski definition) is 7. The molecule has 5 atom stereocenters. The van der Waals surface area contributed by atoms with Crippen LogP contribution in [-0.4, -0.2) is 44.4 Å². The van der Waals surface area contributed by atoms with Crippen molar-refractivity contribution in [3.63, 3.8) is 0 Å². The van der Waals surface area contributed by atoms with Crippen molar-refractivity contribution in [1.82, 2.24) is 0 Å². The summed E-state index contributed by atoms with van der Waals surface area (Å²) >= 11 is 0. The van der Waals surface area contributed by atoms with Crippen LogP contribution in [0.3, 0.4) is 0 Å². The molecule has 2 aliphatic rings. The van der Waals surface area contributed by atoms with E-state index in [1.807, 2.05) is 97.1 Å². The van der Waals surface area contributed by atoms with Crippen LogP contribution in [-0.2, 0) is 50.1 Å². The Morgan fingerprint density at radius 2 is 1.21 bits per heavy atom. The number of benzene rings is 4. The van der Waals surface area contributed by atoms with Crippen LogP contribution < -0.4 is 9.47 Å². The van der Waals surface area contributed by atoms with Gasteiger partial charge in [-0.1, -0.05) is 84.9 Å². The minimum Gasteiger partial charge on any atom is -0.497 e. The predicted molar refractivity (Wildman–Crippen MR) is 157 cm³/mol. The van der Waals surface area contributed by atoms with Crippen LogP contribution in [0, 0.1) is 0 Å². The van der Waals surface area contributed by atoms with E-state index in [0.717, 1.165) is 28.0 Å². The van der Waals surface area contributed by atoms with Crippen LogP contribution in [0.2, 0.25) is 0 Å². The minimum absolute atomic E-state index is 0.307. The van der Waals surface area contributed by atoms with E-state index < -0.39 is 30.7 Å². The first-order valence-electron chi connectivity index (χ1n) is 14.3. The maximum Gasteiger partial charge on any atom is 0.229 e. The molecule has 2 aliphatic heterocycles. The highest BCUT2D eigenvalue weighted by atomic mass is 16.7. The molecule has 0 aliphatic carbocycles. The van der Waals surface area contributed by atoms with E-state index in [-0.39, 0.29) is 0 Å². The Labute approximate surface area is 246 Å². The summed E-state index contributed by atoms with van der Waals surface area (Å²) in [6.07, 6.45) is -2.80. The summed E-state index contributed by atoms with van der Waals surface area (Å²) in [6.45, 7) is 1.90. The molecule has 7 nitrogen and oxygen atoms in total.